The molecule has 2 nitrogen and oxygen atoms in total. The number of carbonyl (C=O) groups is 1. The maximum Gasteiger partial charge on any atom is 0.339 e. The van der Waals surface area contributed by atoms with E-state index in [1.807, 2.05) is 0 Å². The Balaban J connectivity index is 3.68. The molecule has 1 N–H and O–H groups in total. The van der Waals surface area contributed by atoms with Crippen molar-refractivity contribution in [2.45, 2.75) is 0 Å². The van der Waals surface area contributed by atoms with Gasteiger partial charge in [0.1, 0.15) is 5.56 Å². The fraction of sp³-hybridized carbons (Fsp3) is 0. The summed E-state index contributed by atoms with van der Waals surface area (Å²) in [7, 11) is 1.50. The summed E-state index contributed by atoms with van der Waals surface area (Å²) in [6.07, 6.45) is 0. The first-order valence-electron chi connectivity index (χ1n) is 3.22. The number of hydrogen-bond acceptors (Lipinski definition) is 1. The molecule has 0 radical (unpaired) electrons. The van der Waals surface area contributed by atoms with Crippen molar-refractivity contribution >= 4 is 20.5 Å². The lowest BCUT2D eigenvalue weighted by Gasteiger charge is -2.05. The van der Waals surface area contributed by atoms with Crippen LogP contribution in [0.3, 0.4) is 0 Å². The van der Waals surface area contributed by atoms with E-state index in [9.17, 15) is 22.4 Å². The molecule has 76 valence electrons. The van der Waals surface area contributed by atoms with E-state index in [0.717, 1.165) is 0 Å². The van der Waals surface area contributed by atoms with Gasteiger partial charge in [0, 0.05) is 5.30 Å². The van der Waals surface area contributed by atoms with Crippen LogP contribution in [0.2, 0.25) is 0 Å². The Kier molecular flexibility index (Phi) is 2.76. The molecule has 0 amide bonds. The predicted octanol–water partition coefficient (Wildman–Crippen LogP) is 1.44. The van der Waals surface area contributed by atoms with Crippen LogP contribution in [0.15, 0.2) is 0 Å². The topological polar surface area (TPSA) is 37.3 Å². The number of carboxylic acids is 1. The number of carboxylic acid groups (broad SMARTS) is 1. The van der Waals surface area contributed by atoms with Gasteiger partial charge in [-0.05, 0) is 0 Å². The standard InChI is InChI=1S/C7H3F4O2P/c8-2-1(7(12)13)6(14)5(11)4(10)3(2)9/h14H2,(H,12,13). The average molecular weight is 226 g/mol. The van der Waals surface area contributed by atoms with Crippen LogP contribution in [0.5, 0.6) is 0 Å². The minimum absolute atomic E-state index is 0.853. The summed E-state index contributed by atoms with van der Waals surface area (Å²) in [6, 6.07) is 0. The second kappa shape index (κ2) is 3.53. The summed E-state index contributed by atoms with van der Waals surface area (Å²) >= 11 is 0. The predicted molar refractivity (Wildman–Crippen MR) is 42.6 cm³/mol. The lowest BCUT2D eigenvalue weighted by molar-refractivity contribution is 0.0691. The van der Waals surface area contributed by atoms with Crippen molar-refractivity contribution in [2.24, 2.45) is 0 Å². The zero-order valence-corrected chi connectivity index (χ0v) is 7.60. The normalized spacial score (nSPS) is 10.4. The number of rotatable bonds is 1. The summed E-state index contributed by atoms with van der Waals surface area (Å²) in [4.78, 5) is 10.3. The van der Waals surface area contributed by atoms with Crippen molar-refractivity contribution in [3.8, 4) is 0 Å². The Morgan fingerprint density at radius 2 is 1.43 bits per heavy atom. The highest BCUT2D eigenvalue weighted by Crippen LogP contribution is 2.18. The van der Waals surface area contributed by atoms with Crippen LogP contribution in [0.1, 0.15) is 10.4 Å². The van der Waals surface area contributed by atoms with E-state index < -0.39 is 40.1 Å². The Morgan fingerprint density at radius 1 is 1.00 bits per heavy atom. The van der Waals surface area contributed by atoms with Gasteiger partial charge in [-0.3, -0.25) is 0 Å². The van der Waals surface area contributed by atoms with Gasteiger partial charge in [0.25, 0.3) is 0 Å². The molecule has 0 aromatic heterocycles. The van der Waals surface area contributed by atoms with Crippen LogP contribution in [0.4, 0.5) is 17.6 Å². The summed E-state index contributed by atoms with van der Waals surface area (Å²) in [5, 5.41) is 7.52. The Labute approximate surface area is 77.7 Å². The van der Waals surface area contributed by atoms with Crippen molar-refractivity contribution in [2.75, 3.05) is 0 Å². The highest BCUT2D eigenvalue weighted by molar-refractivity contribution is 7.27. The Hall–Kier alpha value is -1.16. The molecule has 0 saturated carbocycles. The van der Waals surface area contributed by atoms with Crippen LogP contribution in [0.25, 0.3) is 0 Å². The van der Waals surface area contributed by atoms with Crippen molar-refractivity contribution < 1.29 is 27.5 Å². The monoisotopic (exact) mass is 226 g/mol. The molecule has 1 atom stereocenters. The van der Waals surface area contributed by atoms with Gasteiger partial charge < -0.3 is 5.11 Å². The first-order valence-corrected chi connectivity index (χ1v) is 3.80. The minimum atomic E-state index is -2.13. The van der Waals surface area contributed by atoms with Crippen molar-refractivity contribution in [3.05, 3.63) is 28.8 Å². The number of benzene rings is 1. The maximum absolute atomic E-state index is 12.8. The molecule has 0 aliphatic carbocycles. The molecule has 0 heterocycles. The van der Waals surface area contributed by atoms with Gasteiger partial charge in [0.05, 0.1) is 0 Å². The van der Waals surface area contributed by atoms with Crippen LogP contribution in [-0.4, -0.2) is 11.1 Å². The molecule has 1 unspecified atom stereocenters. The lowest BCUT2D eigenvalue weighted by atomic mass is 10.2. The van der Waals surface area contributed by atoms with Gasteiger partial charge in [-0.1, -0.05) is 0 Å². The first-order chi connectivity index (χ1) is 6.37. The zero-order valence-electron chi connectivity index (χ0n) is 6.44. The van der Waals surface area contributed by atoms with Gasteiger partial charge in [0.2, 0.25) is 0 Å². The summed E-state index contributed by atoms with van der Waals surface area (Å²) in [5.41, 5.74) is -1.23. The van der Waals surface area contributed by atoms with Gasteiger partial charge in [-0.2, -0.15) is 0 Å². The molecule has 0 bridgehead atoms. The van der Waals surface area contributed by atoms with Gasteiger partial charge in [-0.25, -0.2) is 22.4 Å². The van der Waals surface area contributed by atoms with E-state index in [2.05, 4.69) is 0 Å². The molecule has 1 aromatic carbocycles. The molecular weight excluding hydrogens is 223 g/mol. The van der Waals surface area contributed by atoms with Crippen LogP contribution in [-0.2, 0) is 0 Å². The largest absolute Gasteiger partial charge is 0.478 e. The van der Waals surface area contributed by atoms with E-state index in [-0.39, 0.29) is 0 Å². The number of halogens is 4. The van der Waals surface area contributed by atoms with Crippen LogP contribution in [0, 0.1) is 23.3 Å². The molecule has 1 aromatic rings. The zero-order chi connectivity index (χ0) is 11.0. The maximum atomic E-state index is 12.8. The van der Waals surface area contributed by atoms with Crippen LogP contribution >= 0.6 is 9.24 Å². The van der Waals surface area contributed by atoms with Crippen LogP contribution < -0.4 is 5.30 Å². The third-order valence-electron chi connectivity index (χ3n) is 1.52. The van der Waals surface area contributed by atoms with Gasteiger partial charge in [-0.15, -0.1) is 9.24 Å². The molecule has 0 aliphatic heterocycles. The highest BCUT2D eigenvalue weighted by Gasteiger charge is 2.26. The fourth-order valence-corrected chi connectivity index (χ4v) is 1.23. The smallest absolute Gasteiger partial charge is 0.339 e. The summed E-state index contributed by atoms with van der Waals surface area (Å²) in [6.45, 7) is 0. The van der Waals surface area contributed by atoms with E-state index in [1.165, 1.54) is 9.24 Å². The second-order valence-electron chi connectivity index (χ2n) is 2.35. The molecule has 0 aliphatic rings. The minimum Gasteiger partial charge on any atom is -0.478 e. The van der Waals surface area contributed by atoms with Crippen molar-refractivity contribution in [1.82, 2.24) is 0 Å². The third kappa shape index (κ3) is 1.46. The molecule has 0 fully saturated rings. The lowest BCUT2D eigenvalue weighted by Crippen LogP contribution is -2.19. The van der Waals surface area contributed by atoms with Crippen molar-refractivity contribution in [1.29, 1.82) is 0 Å². The van der Waals surface area contributed by atoms with E-state index >= 15 is 0 Å². The molecule has 0 spiro atoms. The van der Waals surface area contributed by atoms with E-state index in [4.69, 9.17) is 5.11 Å². The molecular formula is C7H3F4O2P. The fourth-order valence-electron chi connectivity index (χ4n) is 0.858. The summed E-state index contributed by atoms with van der Waals surface area (Å²) < 4.78 is 50.5. The summed E-state index contributed by atoms with van der Waals surface area (Å²) in [5.74, 6) is -9.68. The SMILES string of the molecule is O=C(O)c1c(F)c(F)c(F)c(F)c1P. The average Bonchev–Trinajstić information content (AvgIpc) is 2.11. The Bertz CT molecular complexity index is 390. The van der Waals surface area contributed by atoms with Gasteiger partial charge >= 0.3 is 5.97 Å². The van der Waals surface area contributed by atoms with E-state index in [0.29, 0.717) is 0 Å². The molecule has 14 heavy (non-hydrogen) atoms. The van der Waals surface area contributed by atoms with Crippen molar-refractivity contribution in [3.63, 3.8) is 0 Å². The van der Waals surface area contributed by atoms with E-state index in [1.54, 1.807) is 0 Å². The first kappa shape index (κ1) is 10.9. The number of hydrogen-bond donors (Lipinski definition) is 1. The highest BCUT2D eigenvalue weighted by atomic mass is 31.0. The molecule has 1 rings (SSSR count). The molecule has 7 heteroatoms. The van der Waals surface area contributed by atoms with Gasteiger partial charge in [0.15, 0.2) is 23.3 Å². The molecule has 0 saturated heterocycles. The number of aromatic carboxylic acids is 1. The quantitative estimate of drug-likeness (QED) is 0.340. The second-order valence-corrected chi connectivity index (χ2v) is 2.93. The third-order valence-corrected chi connectivity index (χ3v) is 2.06. The Morgan fingerprint density at radius 3 is 1.86 bits per heavy atom.